The Bertz CT molecular complexity index is 787. The lowest BCUT2D eigenvalue weighted by molar-refractivity contribution is -0.138. The van der Waals surface area contributed by atoms with Crippen molar-refractivity contribution in [3.05, 3.63) is 44.9 Å². The van der Waals surface area contributed by atoms with Crippen LogP contribution in [0.1, 0.15) is 26.7 Å². The number of guanidine groups is 1. The number of hydrogen-bond donors (Lipinski definition) is 2. The molecule has 1 aromatic heterocycles. The molecule has 1 aromatic carbocycles. The van der Waals surface area contributed by atoms with Crippen LogP contribution >= 0.6 is 11.3 Å². The molecular formula is C17H21F3N4OS. The van der Waals surface area contributed by atoms with Crippen molar-refractivity contribution < 1.29 is 17.9 Å². The first-order chi connectivity index (χ1) is 12.2. The largest absolute Gasteiger partial charge is 0.497 e. The molecule has 2 aromatic rings. The number of halogens is 3. The zero-order valence-corrected chi connectivity index (χ0v) is 15.8. The number of ether oxygens (including phenoxy) is 1. The van der Waals surface area contributed by atoms with Gasteiger partial charge in [-0.05, 0) is 31.5 Å². The van der Waals surface area contributed by atoms with Gasteiger partial charge in [0.05, 0.1) is 29.9 Å². The van der Waals surface area contributed by atoms with Crippen LogP contribution in [0, 0.1) is 13.8 Å². The van der Waals surface area contributed by atoms with Crippen molar-refractivity contribution >= 4 is 17.3 Å². The minimum atomic E-state index is -4.46. The molecule has 5 nitrogen and oxygen atoms in total. The first kappa shape index (κ1) is 20.0. The molecule has 0 spiro atoms. The number of thiazole rings is 1. The second kappa shape index (κ2) is 8.39. The first-order valence-corrected chi connectivity index (χ1v) is 8.67. The number of alkyl halides is 3. The summed E-state index contributed by atoms with van der Waals surface area (Å²) in [5.41, 5.74) is 0.324. The molecule has 0 saturated heterocycles. The van der Waals surface area contributed by atoms with E-state index in [1.54, 1.807) is 18.4 Å². The summed E-state index contributed by atoms with van der Waals surface area (Å²) in [6, 6.07) is 3.90. The normalized spacial score (nSPS) is 12.2. The number of rotatable bonds is 5. The van der Waals surface area contributed by atoms with Gasteiger partial charge in [0.1, 0.15) is 5.75 Å². The summed E-state index contributed by atoms with van der Waals surface area (Å²) >= 11 is 1.57. The Hall–Kier alpha value is -2.29. The molecule has 0 amide bonds. The summed E-state index contributed by atoms with van der Waals surface area (Å²) in [6.07, 6.45) is -4.46. The molecular weight excluding hydrogens is 365 g/mol. The summed E-state index contributed by atoms with van der Waals surface area (Å²) in [6.45, 7) is 4.34. The van der Waals surface area contributed by atoms with Crippen LogP contribution in [0.5, 0.6) is 5.75 Å². The van der Waals surface area contributed by atoms with Gasteiger partial charge in [0.2, 0.25) is 0 Å². The van der Waals surface area contributed by atoms with Crippen LogP contribution in [-0.4, -0.2) is 25.1 Å². The van der Waals surface area contributed by atoms with E-state index in [0.29, 0.717) is 12.5 Å². The molecule has 2 rings (SSSR count). The van der Waals surface area contributed by atoms with Gasteiger partial charge in [0.25, 0.3) is 0 Å². The first-order valence-electron chi connectivity index (χ1n) is 7.86. The van der Waals surface area contributed by atoms with E-state index in [2.05, 4.69) is 20.6 Å². The highest BCUT2D eigenvalue weighted by molar-refractivity contribution is 7.11. The van der Waals surface area contributed by atoms with Gasteiger partial charge in [0.15, 0.2) is 5.96 Å². The number of hydrogen-bond acceptors (Lipinski definition) is 4. The molecule has 0 saturated carbocycles. The van der Waals surface area contributed by atoms with E-state index in [1.807, 2.05) is 13.8 Å². The lowest BCUT2D eigenvalue weighted by Gasteiger charge is -2.16. The Morgan fingerprint density at radius 2 is 1.92 bits per heavy atom. The number of aliphatic imine (C=N–C) groups is 1. The van der Waals surface area contributed by atoms with Crippen molar-refractivity contribution in [2.24, 2.45) is 4.99 Å². The number of methoxy groups -OCH3 is 1. The number of nitrogens with zero attached hydrogens (tertiary/aromatic N) is 2. The van der Waals surface area contributed by atoms with Crippen molar-refractivity contribution in [3.8, 4) is 5.75 Å². The quantitative estimate of drug-likeness (QED) is 0.608. The van der Waals surface area contributed by atoms with Crippen molar-refractivity contribution in [2.45, 2.75) is 33.1 Å². The van der Waals surface area contributed by atoms with Crippen LogP contribution in [0.3, 0.4) is 0 Å². The van der Waals surface area contributed by atoms with Gasteiger partial charge in [-0.1, -0.05) is 6.07 Å². The Morgan fingerprint density at radius 1 is 1.23 bits per heavy atom. The molecule has 0 atom stereocenters. The predicted molar refractivity (Wildman–Crippen MR) is 96.6 cm³/mol. The average molecular weight is 386 g/mol. The van der Waals surface area contributed by atoms with Crippen LogP contribution in [-0.2, 0) is 19.3 Å². The van der Waals surface area contributed by atoms with Gasteiger partial charge in [0, 0.05) is 18.5 Å². The second-order valence-corrected chi connectivity index (χ2v) is 6.83. The Labute approximate surface area is 154 Å². The van der Waals surface area contributed by atoms with Crippen LogP contribution in [0.15, 0.2) is 23.2 Å². The van der Waals surface area contributed by atoms with Crippen LogP contribution < -0.4 is 15.4 Å². The summed E-state index contributed by atoms with van der Waals surface area (Å²) in [7, 11) is 2.90. The van der Waals surface area contributed by atoms with Crippen molar-refractivity contribution in [3.63, 3.8) is 0 Å². The molecule has 0 radical (unpaired) electrons. The molecule has 0 unspecified atom stereocenters. The second-order valence-electron chi connectivity index (χ2n) is 5.54. The maximum atomic E-state index is 13.3. The lowest BCUT2D eigenvalue weighted by atomic mass is 10.1. The van der Waals surface area contributed by atoms with Gasteiger partial charge in [-0.2, -0.15) is 13.2 Å². The maximum absolute atomic E-state index is 13.3. The highest BCUT2D eigenvalue weighted by Gasteiger charge is 2.33. The Kier molecular flexibility index (Phi) is 6.47. The summed E-state index contributed by atoms with van der Waals surface area (Å²) in [5, 5.41) is 6.98. The number of benzene rings is 1. The maximum Gasteiger partial charge on any atom is 0.416 e. The zero-order chi connectivity index (χ0) is 19.3. The monoisotopic (exact) mass is 386 g/mol. The van der Waals surface area contributed by atoms with Crippen molar-refractivity contribution in [2.75, 3.05) is 14.2 Å². The minimum Gasteiger partial charge on any atom is -0.497 e. The van der Waals surface area contributed by atoms with E-state index in [-0.39, 0.29) is 17.9 Å². The fraction of sp³-hybridized carbons (Fsp3) is 0.412. The fourth-order valence-corrected chi connectivity index (χ4v) is 3.28. The molecule has 0 aliphatic heterocycles. The van der Waals surface area contributed by atoms with E-state index < -0.39 is 11.7 Å². The third-order valence-corrected chi connectivity index (χ3v) is 4.78. The van der Waals surface area contributed by atoms with Crippen LogP contribution in [0.2, 0.25) is 0 Å². The van der Waals surface area contributed by atoms with Gasteiger partial charge in [-0.25, -0.2) is 4.98 Å². The topological polar surface area (TPSA) is 58.5 Å². The van der Waals surface area contributed by atoms with Gasteiger partial charge < -0.3 is 15.4 Å². The molecule has 142 valence electrons. The molecule has 0 fully saturated rings. The molecule has 26 heavy (non-hydrogen) atoms. The highest BCUT2D eigenvalue weighted by Crippen LogP contribution is 2.34. The molecule has 0 bridgehead atoms. The van der Waals surface area contributed by atoms with Gasteiger partial charge in [-0.15, -0.1) is 11.3 Å². The molecule has 0 aliphatic carbocycles. The van der Waals surface area contributed by atoms with E-state index >= 15 is 0 Å². The Morgan fingerprint density at radius 3 is 2.46 bits per heavy atom. The number of nitrogens with one attached hydrogen (secondary N) is 2. The average Bonchev–Trinajstić information content (AvgIpc) is 2.91. The van der Waals surface area contributed by atoms with E-state index in [9.17, 15) is 13.2 Å². The molecule has 1 heterocycles. The smallest absolute Gasteiger partial charge is 0.416 e. The molecule has 0 aliphatic rings. The van der Waals surface area contributed by atoms with Crippen molar-refractivity contribution in [1.82, 2.24) is 15.6 Å². The summed E-state index contributed by atoms with van der Waals surface area (Å²) < 4.78 is 44.6. The highest BCUT2D eigenvalue weighted by atomic mass is 32.1. The van der Waals surface area contributed by atoms with Gasteiger partial charge >= 0.3 is 6.18 Å². The van der Waals surface area contributed by atoms with Crippen LogP contribution in [0.25, 0.3) is 0 Å². The molecule has 9 heteroatoms. The van der Waals surface area contributed by atoms with E-state index in [0.717, 1.165) is 21.6 Å². The lowest BCUT2D eigenvalue weighted by Crippen LogP contribution is -2.36. The van der Waals surface area contributed by atoms with Gasteiger partial charge in [-0.3, -0.25) is 4.99 Å². The predicted octanol–water partition coefficient (Wildman–Crippen LogP) is 3.65. The Balaban J connectivity index is 2.05. The zero-order valence-electron chi connectivity index (χ0n) is 15.0. The third-order valence-electron chi connectivity index (χ3n) is 3.71. The number of aromatic nitrogens is 1. The van der Waals surface area contributed by atoms with Crippen LogP contribution in [0.4, 0.5) is 13.2 Å². The third kappa shape index (κ3) is 5.10. The fourth-order valence-electron chi connectivity index (χ4n) is 2.40. The standard InChI is InChI=1S/C17H21F3N4OS/c1-10-15(26-11(2)24-10)9-23-16(21-3)22-8-12-5-6-13(25-4)7-14(12)17(18,19)20/h5-7H,8-9H2,1-4H3,(H2,21,22,23). The van der Waals surface area contributed by atoms with E-state index in [1.165, 1.54) is 19.2 Å². The molecule has 2 N–H and O–H groups in total. The SMILES string of the molecule is CN=C(NCc1ccc(OC)cc1C(F)(F)F)NCc1sc(C)nc1C. The van der Waals surface area contributed by atoms with E-state index in [4.69, 9.17) is 4.74 Å². The minimum absolute atomic E-state index is 0.0147. The summed E-state index contributed by atoms with van der Waals surface area (Å²) in [4.78, 5) is 9.46. The number of aryl methyl sites for hydroxylation is 2. The summed E-state index contributed by atoms with van der Waals surface area (Å²) in [5.74, 6) is 0.582. The van der Waals surface area contributed by atoms with Crippen molar-refractivity contribution in [1.29, 1.82) is 0 Å².